The van der Waals surface area contributed by atoms with E-state index in [1.807, 2.05) is 35.0 Å². The number of rotatable bonds is 3. The molecular formula is C16H14FN3O. The number of aromatic nitrogens is 1. The first-order valence-electron chi connectivity index (χ1n) is 6.49. The Morgan fingerprint density at radius 2 is 2.00 bits per heavy atom. The maximum atomic E-state index is 13.7. The van der Waals surface area contributed by atoms with Crippen LogP contribution in [0.2, 0.25) is 0 Å². The van der Waals surface area contributed by atoms with Crippen molar-refractivity contribution in [3.8, 4) is 0 Å². The predicted molar refractivity (Wildman–Crippen MR) is 80.0 cm³/mol. The van der Waals surface area contributed by atoms with Crippen LogP contribution in [0.4, 0.5) is 4.39 Å². The Bertz CT molecular complexity index is 823. The van der Waals surface area contributed by atoms with Crippen molar-refractivity contribution < 1.29 is 9.60 Å². The van der Waals surface area contributed by atoms with Crippen LogP contribution >= 0.6 is 0 Å². The van der Waals surface area contributed by atoms with Crippen molar-refractivity contribution in [3.05, 3.63) is 71.7 Å². The van der Waals surface area contributed by atoms with Gasteiger partial charge < -0.3 is 15.5 Å². The molecule has 3 rings (SSSR count). The molecule has 3 aromatic rings. The van der Waals surface area contributed by atoms with Crippen LogP contribution in [-0.2, 0) is 6.54 Å². The molecular weight excluding hydrogens is 269 g/mol. The smallest absolute Gasteiger partial charge is 0.170 e. The first kappa shape index (κ1) is 13.2. The highest BCUT2D eigenvalue weighted by Crippen LogP contribution is 2.20. The summed E-state index contributed by atoms with van der Waals surface area (Å²) in [6.07, 6.45) is 1.90. The summed E-state index contributed by atoms with van der Waals surface area (Å²) in [5.74, 6) is -0.147. The second-order valence-electron chi connectivity index (χ2n) is 4.79. The van der Waals surface area contributed by atoms with Gasteiger partial charge in [0.25, 0.3) is 0 Å². The second kappa shape index (κ2) is 5.28. The minimum absolute atomic E-state index is 0.0683. The largest absolute Gasteiger partial charge is 0.409 e. The number of hydrogen-bond acceptors (Lipinski definition) is 2. The number of halogens is 1. The monoisotopic (exact) mass is 283 g/mol. The molecule has 0 amide bonds. The van der Waals surface area contributed by atoms with E-state index in [1.54, 1.807) is 18.2 Å². The minimum Gasteiger partial charge on any atom is -0.409 e. The van der Waals surface area contributed by atoms with Crippen LogP contribution in [0.15, 0.2) is 59.9 Å². The molecule has 0 atom stereocenters. The molecule has 0 aliphatic rings. The fourth-order valence-electron chi connectivity index (χ4n) is 2.37. The SMILES string of the molecule is N/C(=N/O)c1ccc2c(ccn2Cc2ccccc2F)c1. The van der Waals surface area contributed by atoms with Crippen molar-refractivity contribution in [1.29, 1.82) is 0 Å². The van der Waals surface area contributed by atoms with Gasteiger partial charge in [0.2, 0.25) is 0 Å². The van der Waals surface area contributed by atoms with Gasteiger partial charge in [-0.15, -0.1) is 0 Å². The summed E-state index contributed by atoms with van der Waals surface area (Å²) >= 11 is 0. The maximum absolute atomic E-state index is 13.7. The van der Waals surface area contributed by atoms with Gasteiger partial charge in [0, 0.05) is 28.2 Å². The third-order valence-corrected chi connectivity index (χ3v) is 3.47. The standard InChI is InChI=1S/C16H14FN3O/c17-14-4-2-1-3-13(14)10-20-8-7-11-9-12(16(18)19-21)5-6-15(11)20/h1-9,21H,10H2,(H2,18,19). The summed E-state index contributed by atoms with van der Waals surface area (Å²) in [6.45, 7) is 0.457. The topological polar surface area (TPSA) is 63.5 Å². The van der Waals surface area contributed by atoms with Gasteiger partial charge in [0.15, 0.2) is 5.84 Å². The molecule has 106 valence electrons. The number of nitrogens with two attached hydrogens (primary N) is 1. The van der Waals surface area contributed by atoms with E-state index in [-0.39, 0.29) is 11.7 Å². The highest BCUT2D eigenvalue weighted by molar-refractivity contribution is 6.00. The van der Waals surface area contributed by atoms with E-state index in [0.29, 0.717) is 17.7 Å². The molecule has 0 unspecified atom stereocenters. The zero-order chi connectivity index (χ0) is 14.8. The van der Waals surface area contributed by atoms with Crippen LogP contribution in [0, 0.1) is 5.82 Å². The molecule has 0 aliphatic heterocycles. The average Bonchev–Trinajstić information content (AvgIpc) is 2.91. The highest BCUT2D eigenvalue weighted by Gasteiger charge is 2.07. The van der Waals surface area contributed by atoms with E-state index in [9.17, 15) is 4.39 Å². The molecule has 3 N–H and O–H groups in total. The average molecular weight is 283 g/mol. The van der Waals surface area contributed by atoms with Crippen LogP contribution < -0.4 is 5.73 Å². The van der Waals surface area contributed by atoms with Gasteiger partial charge in [-0.3, -0.25) is 0 Å². The maximum Gasteiger partial charge on any atom is 0.170 e. The summed E-state index contributed by atoms with van der Waals surface area (Å²) < 4.78 is 15.7. The first-order valence-corrected chi connectivity index (χ1v) is 6.49. The lowest BCUT2D eigenvalue weighted by Crippen LogP contribution is -2.12. The Morgan fingerprint density at radius 3 is 2.76 bits per heavy atom. The molecule has 0 saturated carbocycles. The van der Waals surface area contributed by atoms with Gasteiger partial charge in [0.1, 0.15) is 5.82 Å². The summed E-state index contributed by atoms with van der Waals surface area (Å²) in [7, 11) is 0. The lowest BCUT2D eigenvalue weighted by Gasteiger charge is -2.07. The third kappa shape index (κ3) is 2.45. The van der Waals surface area contributed by atoms with Crippen LogP contribution in [-0.4, -0.2) is 15.6 Å². The van der Waals surface area contributed by atoms with Crippen molar-refractivity contribution >= 4 is 16.7 Å². The van der Waals surface area contributed by atoms with Crippen LogP contribution in [0.25, 0.3) is 10.9 Å². The molecule has 2 aromatic carbocycles. The molecule has 0 bridgehead atoms. The van der Waals surface area contributed by atoms with Gasteiger partial charge >= 0.3 is 0 Å². The van der Waals surface area contributed by atoms with E-state index in [2.05, 4.69) is 5.16 Å². The molecule has 0 fully saturated rings. The second-order valence-corrected chi connectivity index (χ2v) is 4.79. The number of amidine groups is 1. The zero-order valence-corrected chi connectivity index (χ0v) is 11.2. The van der Waals surface area contributed by atoms with E-state index in [4.69, 9.17) is 10.9 Å². The first-order chi connectivity index (χ1) is 10.2. The van der Waals surface area contributed by atoms with Crippen LogP contribution in [0.3, 0.4) is 0 Å². The number of benzene rings is 2. The van der Waals surface area contributed by atoms with E-state index >= 15 is 0 Å². The normalized spacial score (nSPS) is 12.0. The Morgan fingerprint density at radius 1 is 1.19 bits per heavy atom. The Balaban J connectivity index is 2.00. The van der Waals surface area contributed by atoms with Gasteiger partial charge in [-0.05, 0) is 30.3 Å². The van der Waals surface area contributed by atoms with Gasteiger partial charge in [-0.1, -0.05) is 23.4 Å². The quantitative estimate of drug-likeness (QED) is 0.336. The van der Waals surface area contributed by atoms with Crippen molar-refractivity contribution in [2.45, 2.75) is 6.54 Å². The van der Waals surface area contributed by atoms with Crippen LogP contribution in [0.5, 0.6) is 0 Å². The fraction of sp³-hybridized carbons (Fsp3) is 0.0625. The zero-order valence-electron chi connectivity index (χ0n) is 11.2. The number of nitrogens with zero attached hydrogens (tertiary/aromatic N) is 2. The minimum atomic E-state index is -0.215. The molecule has 5 heteroatoms. The molecule has 0 radical (unpaired) electrons. The van der Waals surface area contributed by atoms with Crippen molar-refractivity contribution in [2.75, 3.05) is 0 Å². The van der Waals surface area contributed by atoms with Gasteiger partial charge in [-0.2, -0.15) is 0 Å². The molecule has 1 aromatic heterocycles. The summed E-state index contributed by atoms with van der Waals surface area (Å²) in [5, 5.41) is 12.7. The number of fused-ring (bicyclic) bond motifs is 1. The Kier molecular flexibility index (Phi) is 3.31. The Hall–Kier alpha value is -2.82. The molecule has 4 nitrogen and oxygen atoms in total. The summed E-state index contributed by atoms with van der Waals surface area (Å²) in [6, 6.07) is 14.1. The van der Waals surface area contributed by atoms with Crippen LogP contribution in [0.1, 0.15) is 11.1 Å². The van der Waals surface area contributed by atoms with E-state index in [0.717, 1.165) is 10.9 Å². The highest BCUT2D eigenvalue weighted by atomic mass is 19.1. The summed E-state index contributed by atoms with van der Waals surface area (Å²) in [5.41, 5.74) is 7.83. The lowest BCUT2D eigenvalue weighted by atomic mass is 10.1. The molecule has 1 heterocycles. The Labute approximate surface area is 120 Å². The molecule has 0 spiro atoms. The van der Waals surface area contributed by atoms with Crippen molar-refractivity contribution in [2.24, 2.45) is 10.9 Å². The van der Waals surface area contributed by atoms with E-state index in [1.165, 1.54) is 6.07 Å². The van der Waals surface area contributed by atoms with Crippen molar-refractivity contribution in [3.63, 3.8) is 0 Å². The molecule has 21 heavy (non-hydrogen) atoms. The predicted octanol–water partition coefficient (Wildman–Crippen LogP) is 2.92. The van der Waals surface area contributed by atoms with Gasteiger partial charge in [0.05, 0.1) is 6.54 Å². The molecule has 0 aliphatic carbocycles. The van der Waals surface area contributed by atoms with Gasteiger partial charge in [-0.25, -0.2) is 4.39 Å². The molecule has 0 saturated heterocycles. The lowest BCUT2D eigenvalue weighted by molar-refractivity contribution is 0.318. The number of oxime groups is 1. The van der Waals surface area contributed by atoms with Crippen molar-refractivity contribution in [1.82, 2.24) is 4.57 Å². The number of hydrogen-bond donors (Lipinski definition) is 2. The van der Waals surface area contributed by atoms with E-state index < -0.39 is 0 Å². The fourth-order valence-corrected chi connectivity index (χ4v) is 2.37. The summed E-state index contributed by atoms with van der Waals surface area (Å²) in [4.78, 5) is 0. The third-order valence-electron chi connectivity index (χ3n) is 3.47.